The topological polar surface area (TPSA) is 76.8 Å². The van der Waals surface area contributed by atoms with Gasteiger partial charge in [0.2, 0.25) is 0 Å². The number of hydrogen-bond acceptors (Lipinski definition) is 3. The Morgan fingerprint density at radius 2 is 1.50 bits per heavy atom. The van der Waals surface area contributed by atoms with Crippen LogP contribution in [0.3, 0.4) is 0 Å². The minimum Gasteiger partial charge on any atom is -0.399 e. The number of fused-ring (bicyclic) bond motifs is 1. The van der Waals surface area contributed by atoms with Crippen molar-refractivity contribution in [3.63, 3.8) is 0 Å². The van der Waals surface area contributed by atoms with Crippen molar-refractivity contribution in [2.45, 2.75) is 0 Å². The van der Waals surface area contributed by atoms with E-state index in [2.05, 4.69) is 9.98 Å². The first-order valence-corrected chi connectivity index (χ1v) is 5.62. The van der Waals surface area contributed by atoms with Crippen molar-refractivity contribution < 1.29 is 0 Å². The second-order valence-corrected chi connectivity index (χ2v) is 4.07. The van der Waals surface area contributed by atoms with Crippen LogP contribution in [0.2, 0.25) is 0 Å². The maximum Gasteiger partial charge on any atom is 0.162 e. The van der Waals surface area contributed by atoms with E-state index in [1.807, 2.05) is 48.5 Å². The molecule has 2 aromatic rings. The molecule has 0 spiro atoms. The Kier molecular flexibility index (Phi) is 2.34. The van der Waals surface area contributed by atoms with E-state index in [-0.39, 0.29) is 0 Å². The van der Waals surface area contributed by atoms with E-state index in [0.29, 0.717) is 17.4 Å². The number of anilines is 1. The standard InChI is InChI=1S/C14H12N4/c15-9-5-7-10(8-6-9)17-14-12-4-2-1-3-11(12)13(16)18-14/h1-8H,15H2,(H2,16,17,18). The molecule has 0 amide bonds. The molecule has 2 aromatic carbocycles. The highest BCUT2D eigenvalue weighted by atomic mass is 15.0. The van der Waals surface area contributed by atoms with Crippen molar-refractivity contribution >= 4 is 23.0 Å². The number of amidine groups is 2. The Morgan fingerprint density at radius 1 is 0.833 bits per heavy atom. The molecule has 0 aromatic heterocycles. The van der Waals surface area contributed by atoms with Gasteiger partial charge in [-0.15, -0.1) is 0 Å². The molecule has 88 valence electrons. The van der Waals surface area contributed by atoms with Gasteiger partial charge in [-0.25, -0.2) is 9.98 Å². The molecule has 1 aliphatic rings. The third kappa shape index (κ3) is 1.73. The summed E-state index contributed by atoms with van der Waals surface area (Å²) in [6.45, 7) is 0. The number of benzene rings is 2. The number of nitrogen functional groups attached to an aromatic ring is 1. The largest absolute Gasteiger partial charge is 0.399 e. The first-order chi connectivity index (χ1) is 8.74. The SMILES string of the molecule is NC1=NC(=Nc2ccc(N)cc2)c2ccccc21. The van der Waals surface area contributed by atoms with Gasteiger partial charge in [0, 0.05) is 16.8 Å². The second kappa shape index (κ2) is 4.00. The molecule has 18 heavy (non-hydrogen) atoms. The average Bonchev–Trinajstić information content (AvgIpc) is 2.70. The number of aliphatic imine (C=N–C) groups is 2. The molecule has 4 N–H and O–H groups in total. The molecule has 0 saturated heterocycles. The van der Waals surface area contributed by atoms with Crippen molar-refractivity contribution in [3.05, 3.63) is 59.7 Å². The molecule has 0 saturated carbocycles. The van der Waals surface area contributed by atoms with E-state index in [4.69, 9.17) is 11.5 Å². The van der Waals surface area contributed by atoms with Gasteiger partial charge in [0.05, 0.1) is 5.69 Å². The third-order valence-corrected chi connectivity index (χ3v) is 2.80. The summed E-state index contributed by atoms with van der Waals surface area (Å²) in [5, 5.41) is 0. The fraction of sp³-hybridized carbons (Fsp3) is 0. The molecular formula is C14H12N4. The Labute approximate surface area is 105 Å². The van der Waals surface area contributed by atoms with E-state index in [9.17, 15) is 0 Å². The Balaban J connectivity index is 2.07. The van der Waals surface area contributed by atoms with Gasteiger partial charge in [-0.2, -0.15) is 0 Å². The minimum atomic E-state index is 0.514. The first kappa shape index (κ1) is 10.5. The molecule has 0 atom stereocenters. The molecule has 1 heterocycles. The summed E-state index contributed by atoms with van der Waals surface area (Å²) >= 11 is 0. The zero-order valence-electron chi connectivity index (χ0n) is 9.67. The van der Waals surface area contributed by atoms with Crippen molar-refractivity contribution in [2.24, 2.45) is 15.7 Å². The minimum absolute atomic E-state index is 0.514. The predicted octanol–water partition coefficient (Wildman–Crippen LogP) is 2.07. The van der Waals surface area contributed by atoms with E-state index in [1.54, 1.807) is 0 Å². The van der Waals surface area contributed by atoms with Gasteiger partial charge >= 0.3 is 0 Å². The van der Waals surface area contributed by atoms with Crippen LogP contribution in [0.4, 0.5) is 11.4 Å². The highest BCUT2D eigenvalue weighted by Crippen LogP contribution is 2.21. The van der Waals surface area contributed by atoms with Crippen LogP contribution < -0.4 is 11.5 Å². The van der Waals surface area contributed by atoms with Gasteiger partial charge in [0.15, 0.2) is 5.84 Å². The van der Waals surface area contributed by atoms with Crippen LogP contribution in [0.15, 0.2) is 58.5 Å². The van der Waals surface area contributed by atoms with Gasteiger partial charge in [-0.05, 0) is 24.3 Å². The van der Waals surface area contributed by atoms with Crippen LogP contribution >= 0.6 is 0 Å². The maximum atomic E-state index is 5.86. The fourth-order valence-corrected chi connectivity index (χ4v) is 1.89. The zero-order chi connectivity index (χ0) is 12.5. The third-order valence-electron chi connectivity index (χ3n) is 2.80. The van der Waals surface area contributed by atoms with Gasteiger partial charge in [-0.3, -0.25) is 0 Å². The van der Waals surface area contributed by atoms with Crippen LogP contribution in [0.1, 0.15) is 11.1 Å². The molecule has 3 rings (SSSR count). The summed E-state index contributed by atoms with van der Waals surface area (Å²) in [5.41, 5.74) is 14.9. The van der Waals surface area contributed by atoms with Crippen molar-refractivity contribution in [3.8, 4) is 0 Å². The molecule has 0 fully saturated rings. The van der Waals surface area contributed by atoms with Crippen molar-refractivity contribution in [1.29, 1.82) is 0 Å². The smallest absolute Gasteiger partial charge is 0.162 e. The maximum absolute atomic E-state index is 5.86. The van der Waals surface area contributed by atoms with Crippen molar-refractivity contribution in [2.75, 3.05) is 5.73 Å². The van der Waals surface area contributed by atoms with Crippen LogP contribution in [0, 0.1) is 0 Å². The number of nitrogens with two attached hydrogens (primary N) is 2. The molecule has 1 aliphatic heterocycles. The quantitative estimate of drug-likeness (QED) is 0.743. The zero-order valence-corrected chi connectivity index (χ0v) is 9.67. The highest BCUT2D eigenvalue weighted by molar-refractivity contribution is 6.22. The first-order valence-electron chi connectivity index (χ1n) is 5.62. The number of hydrogen-bond donors (Lipinski definition) is 2. The van der Waals surface area contributed by atoms with Gasteiger partial charge in [0.25, 0.3) is 0 Å². The number of nitrogens with zero attached hydrogens (tertiary/aromatic N) is 2. The Morgan fingerprint density at radius 3 is 2.22 bits per heavy atom. The summed E-state index contributed by atoms with van der Waals surface area (Å²) in [7, 11) is 0. The molecule has 0 aliphatic carbocycles. The van der Waals surface area contributed by atoms with Crippen LogP contribution in [0.5, 0.6) is 0 Å². The molecule has 0 bridgehead atoms. The van der Waals surface area contributed by atoms with Gasteiger partial charge in [-0.1, -0.05) is 24.3 Å². The Hall–Kier alpha value is -2.62. The molecule has 0 unspecified atom stereocenters. The van der Waals surface area contributed by atoms with Gasteiger partial charge in [0.1, 0.15) is 5.84 Å². The predicted molar refractivity (Wildman–Crippen MR) is 74.2 cm³/mol. The van der Waals surface area contributed by atoms with Crippen LogP contribution in [0.25, 0.3) is 0 Å². The monoisotopic (exact) mass is 236 g/mol. The van der Waals surface area contributed by atoms with E-state index in [0.717, 1.165) is 16.8 Å². The van der Waals surface area contributed by atoms with E-state index in [1.165, 1.54) is 0 Å². The average molecular weight is 236 g/mol. The second-order valence-electron chi connectivity index (χ2n) is 4.07. The summed E-state index contributed by atoms with van der Waals surface area (Å²) in [6.07, 6.45) is 0. The van der Waals surface area contributed by atoms with Crippen molar-refractivity contribution in [1.82, 2.24) is 0 Å². The molecule has 4 nitrogen and oxygen atoms in total. The lowest BCUT2D eigenvalue weighted by atomic mass is 10.1. The normalized spacial score (nSPS) is 15.6. The fourth-order valence-electron chi connectivity index (χ4n) is 1.89. The highest BCUT2D eigenvalue weighted by Gasteiger charge is 2.18. The summed E-state index contributed by atoms with van der Waals surface area (Å²) in [4.78, 5) is 8.77. The van der Waals surface area contributed by atoms with Crippen LogP contribution in [-0.2, 0) is 0 Å². The van der Waals surface area contributed by atoms with E-state index >= 15 is 0 Å². The summed E-state index contributed by atoms with van der Waals surface area (Å²) < 4.78 is 0. The molecular weight excluding hydrogens is 224 g/mol. The van der Waals surface area contributed by atoms with Crippen LogP contribution in [-0.4, -0.2) is 11.7 Å². The molecule has 0 radical (unpaired) electrons. The number of rotatable bonds is 1. The van der Waals surface area contributed by atoms with Gasteiger partial charge < -0.3 is 11.5 Å². The Bertz CT molecular complexity index is 654. The lowest BCUT2D eigenvalue weighted by Crippen LogP contribution is -2.09. The summed E-state index contributed by atoms with van der Waals surface area (Å²) in [6, 6.07) is 15.1. The lowest BCUT2D eigenvalue weighted by Gasteiger charge is -1.99. The van der Waals surface area contributed by atoms with E-state index < -0.39 is 0 Å². The lowest BCUT2D eigenvalue weighted by molar-refractivity contribution is 1.47. The molecule has 4 heteroatoms. The summed E-state index contributed by atoms with van der Waals surface area (Å²) in [5.74, 6) is 1.16.